The van der Waals surface area contributed by atoms with E-state index in [9.17, 15) is 14.7 Å². The van der Waals surface area contributed by atoms with Gasteiger partial charge in [-0.1, -0.05) is 0 Å². The number of nitrogens with zero attached hydrogens (tertiary/aromatic N) is 1. The second-order valence-corrected chi connectivity index (χ2v) is 5.91. The third-order valence-electron chi connectivity index (χ3n) is 3.99. The van der Waals surface area contributed by atoms with Gasteiger partial charge in [0.25, 0.3) is 11.5 Å². The van der Waals surface area contributed by atoms with Gasteiger partial charge in [-0.3, -0.25) is 9.59 Å². The van der Waals surface area contributed by atoms with E-state index in [0.29, 0.717) is 11.6 Å². The average molecular weight is 329 g/mol. The summed E-state index contributed by atoms with van der Waals surface area (Å²) in [6, 6.07) is 5.51. The van der Waals surface area contributed by atoms with Crippen LogP contribution in [0.3, 0.4) is 0 Å². The zero-order valence-electron chi connectivity index (χ0n) is 13.5. The number of aromatic nitrogens is 2. The van der Waals surface area contributed by atoms with Crippen molar-refractivity contribution in [1.82, 2.24) is 15.3 Å². The van der Waals surface area contributed by atoms with Crippen LogP contribution in [0.15, 0.2) is 29.1 Å². The fourth-order valence-corrected chi connectivity index (χ4v) is 2.55. The number of methoxy groups -OCH3 is 1. The Balaban J connectivity index is 1.80. The molecule has 7 heteroatoms. The summed E-state index contributed by atoms with van der Waals surface area (Å²) < 4.78 is 5.23. The first-order valence-electron chi connectivity index (χ1n) is 7.77. The van der Waals surface area contributed by atoms with Gasteiger partial charge in [-0.25, -0.2) is 4.98 Å². The molecule has 1 atom stereocenters. The largest absolute Gasteiger partial charge is 0.508 e. The van der Waals surface area contributed by atoms with Crippen molar-refractivity contribution in [2.24, 2.45) is 0 Å². The molecule has 1 amide bonds. The summed E-state index contributed by atoms with van der Waals surface area (Å²) in [4.78, 5) is 31.1. The van der Waals surface area contributed by atoms with E-state index in [4.69, 9.17) is 4.74 Å². The van der Waals surface area contributed by atoms with Crippen LogP contribution < -0.4 is 15.6 Å². The molecule has 2 aromatic rings. The molecule has 3 rings (SSSR count). The molecule has 126 valence electrons. The molecule has 3 N–H and O–H groups in total. The van der Waals surface area contributed by atoms with E-state index in [-0.39, 0.29) is 29.0 Å². The van der Waals surface area contributed by atoms with Crippen LogP contribution in [0.4, 0.5) is 0 Å². The fraction of sp³-hybridized carbons (Fsp3) is 0.353. The van der Waals surface area contributed by atoms with E-state index >= 15 is 0 Å². The molecule has 0 bridgehead atoms. The third-order valence-corrected chi connectivity index (χ3v) is 3.99. The molecule has 1 aliphatic rings. The lowest BCUT2D eigenvalue weighted by Gasteiger charge is -2.17. The number of H-pyrrole nitrogens is 1. The van der Waals surface area contributed by atoms with Crippen molar-refractivity contribution in [3.05, 3.63) is 51.7 Å². The third kappa shape index (κ3) is 3.40. The number of aromatic amines is 1. The van der Waals surface area contributed by atoms with Crippen molar-refractivity contribution >= 4 is 5.91 Å². The molecular weight excluding hydrogens is 310 g/mol. The molecule has 1 aliphatic carbocycles. The van der Waals surface area contributed by atoms with Crippen molar-refractivity contribution in [3.8, 4) is 11.5 Å². The molecule has 0 radical (unpaired) electrons. The predicted molar refractivity (Wildman–Crippen MR) is 87.4 cm³/mol. The second-order valence-electron chi connectivity index (χ2n) is 5.91. The van der Waals surface area contributed by atoms with Crippen LogP contribution in [0.5, 0.6) is 11.5 Å². The van der Waals surface area contributed by atoms with Crippen LogP contribution in [-0.2, 0) is 0 Å². The van der Waals surface area contributed by atoms with Gasteiger partial charge in [-0.05, 0) is 31.9 Å². The van der Waals surface area contributed by atoms with Crippen molar-refractivity contribution in [2.45, 2.75) is 31.7 Å². The lowest BCUT2D eigenvalue weighted by Crippen LogP contribution is -2.29. The minimum absolute atomic E-state index is 0.0828. The highest BCUT2D eigenvalue weighted by Gasteiger charge is 2.27. The summed E-state index contributed by atoms with van der Waals surface area (Å²) in [6.45, 7) is 1.79. The molecule has 0 aliphatic heterocycles. The van der Waals surface area contributed by atoms with Gasteiger partial charge in [0.1, 0.15) is 23.0 Å². The number of amides is 1. The van der Waals surface area contributed by atoms with Crippen molar-refractivity contribution in [1.29, 1.82) is 0 Å². The maximum absolute atomic E-state index is 12.4. The first kappa shape index (κ1) is 16.0. The highest BCUT2D eigenvalue weighted by Crippen LogP contribution is 2.37. The number of carbonyl (C=O) groups excluding carboxylic acids is 1. The Morgan fingerprint density at radius 2 is 2.17 bits per heavy atom. The molecule has 1 unspecified atom stereocenters. The smallest absolute Gasteiger partial charge is 0.270 e. The Morgan fingerprint density at radius 3 is 2.83 bits per heavy atom. The molecular formula is C17H19N3O4. The number of phenols is 1. The number of hydrogen-bond donors (Lipinski definition) is 3. The van der Waals surface area contributed by atoms with Crippen molar-refractivity contribution in [2.75, 3.05) is 7.11 Å². The van der Waals surface area contributed by atoms with Gasteiger partial charge in [0.05, 0.1) is 13.2 Å². The minimum Gasteiger partial charge on any atom is -0.508 e. The van der Waals surface area contributed by atoms with Gasteiger partial charge in [0.15, 0.2) is 0 Å². The molecule has 0 spiro atoms. The summed E-state index contributed by atoms with van der Waals surface area (Å²) in [7, 11) is 1.49. The Morgan fingerprint density at radius 1 is 1.42 bits per heavy atom. The lowest BCUT2D eigenvalue weighted by molar-refractivity contribution is 0.0934. The highest BCUT2D eigenvalue weighted by molar-refractivity contribution is 5.92. The molecule has 24 heavy (non-hydrogen) atoms. The van der Waals surface area contributed by atoms with Crippen LogP contribution in [-0.4, -0.2) is 28.1 Å². The SMILES string of the molecule is COc1cc(O)ccc1C(C)NC(=O)c1cc(=O)[nH]c(C2CC2)n1. The maximum Gasteiger partial charge on any atom is 0.270 e. The minimum atomic E-state index is -0.425. The number of benzene rings is 1. The number of rotatable bonds is 5. The molecule has 0 saturated heterocycles. The summed E-state index contributed by atoms with van der Waals surface area (Å²) in [6.07, 6.45) is 1.96. The monoisotopic (exact) mass is 329 g/mol. The number of aromatic hydroxyl groups is 1. The highest BCUT2D eigenvalue weighted by atomic mass is 16.5. The van der Waals surface area contributed by atoms with E-state index in [1.165, 1.54) is 25.3 Å². The maximum atomic E-state index is 12.4. The molecule has 1 aromatic carbocycles. The molecule has 1 saturated carbocycles. The summed E-state index contributed by atoms with van der Waals surface area (Å²) in [5.41, 5.74) is 0.494. The zero-order valence-corrected chi connectivity index (χ0v) is 13.5. The first-order valence-corrected chi connectivity index (χ1v) is 7.77. The van der Waals surface area contributed by atoms with Gasteiger partial charge in [0, 0.05) is 23.6 Å². The molecule has 1 fully saturated rings. The fourth-order valence-electron chi connectivity index (χ4n) is 2.55. The van der Waals surface area contributed by atoms with E-state index in [1.54, 1.807) is 13.0 Å². The standard InChI is InChI=1S/C17H19N3O4/c1-9(12-6-5-11(21)7-14(12)24-2)18-17(23)13-8-15(22)20-16(19-13)10-3-4-10/h5-10,21H,3-4H2,1-2H3,(H,18,23)(H,19,20,22). The quantitative estimate of drug-likeness (QED) is 0.776. The van der Waals surface area contributed by atoms with Crippen LogP contribution >= 0.6 is 0 Å². The zero-order chi connectivity index (χ0) is 17.3. The Kier molecular flexibility index (Phi) is 4.24. The summed E-state index contributed by atoms with van der Waals surface area (Å²) >= 11 is 0. The number of hydrogen-bond acceptors (Lipinski definition) is 5. The van der Waals surface area contributed by atoms with Crippen molar-refractivity contribution < 1.29 is 14.6 Å². The van der Waals surface area contributed by atoms with Gasteiger partial charge < -0.3 is 20.1 Å². The topological polar surface area (TPSA) is 104 Å². The van der Waals surface area contributed by atoms with Crippen LogP contribution in [0.25, 0.3) is 0 Å². The van der Waals surface area contributed by atoms with Crippen molar-refractivity contribution in [3.63, 3.8) is 0 Å². The van der Waals surface area contributed by atoms with E-state index in [2.05, 4.69) is 15.3 Å². The van der Waals surface area contributed by atoms with Gasteiger partial charge in [0.2, 0.25) is 0 Å². The molecule has 1 aromatic heterocycles. The van der Waals surface area contributed by atoms with E-state index in [0.717, 1.165) is 18.4 Å². The van der Waals surface area contributed by atoms with Crippen LogP contribution in [0, 0.1) is 0 Å². The number of phenolic OH excluding ortho intramolecular Hbond substituents is 1. The summed E-state index contributed by atoms with van der Waals surface area (Å²) in [5.74, 6) is 0.952. The Bertz CT molecular complexity index is 827. The molecule has 1 heterocycles. The van der Waals surface area contributed by atoms with E-state index < -0.39 is 5.91 Å². The first-order chi connectivity index (χ1) is 11.5. The van der Waals surface area contributed by atoms with Crippen LogP contribution in [0.1, 0.15) is 53.6 Å². The number of nitrogens with one attached hydrogen (secondary N) is 2. The number of ether oxygens (including phenoxy) is 1. The second kappa shape index (κ2) is 6.35. The van der Waals surface area contributed by atoms with Gasteiger partial charge in [-0.2, -0.15) is 0 Å². The lowest BCUT2D eigenvalue weighted by atomic mass is 10.1. The average Bonchev–Trinajstić information content (AvgIpc) is 3.38. The normalized spacial score (nSPS) is 14.9. The van der Waals surface area contributed by atoms with E-state index in [1.807, 2.05) is 0 Å². The van der Waals surface area contributed by atoms with Crippen LogP contribution in [0.2, 0.25) is 0 Å². The predicted octanol–water partition coefficient (Wildman–Crippen LogP) is 1.85. The Hall–Kier alpha value is -2.83. The van der Waals surface area contributed by atoms with Gasteiger partial charge in [-0.15, -0.1) is 0 Å². The Labute approximate surface area is 138 Å². The molecule has 7 nitrogen and oxygen atoms in total. The van der Waals surface area contributed by atoms with Gasteiger partial charge >= 0.3 is 0 Å². The number of carbonyl (C=O) groups is 1. The summed E-state index contributed by atoms with van der Waals surface area (Å²) in [5, 5.41) is 12.3.